The van der Waals surface area contributed by atoms with Crippen LogP contribution in [-0.4, -0.2) is 49.8 Å². The van der Waals surface area contributed by atoms with Crippen LogP contribution in [0.5, 0.6) is 0 Å². The Hall–Kier alpha value is -0.120. The van der Waals surface area contributed by atoms with E-state index in [0.29, 0.717) is 12.2 Å². The first-order valence-corrected chi connectivity index (χ1v) is 9.40. The maximum Gasteiger partial charge on any atom is 0.0707 e. The molecule has 0 bridgehead atoms. The van der Waals surface area contributed by atoms with Gasteiger partial charge in [-0.25, -0.2) is 0 Å². The van der Waals surface area contributed by atoms with Crippen molar-refractivity contribution < 1.29 is 4.74 Å². The maximum atomic E-state index is 6.22. The molecule has 2 rings (SSSR count). The van der Waals surface area contributed by atoms with E-state index in [0.717, 1.165) is 19.0 Å². The molecule has 2 fully saturated rings. The van der Waals surface area contributed by atoms with Crippen LogP contribution in [0, 0.1) is 5.92 Å². The van der Waals surface area contributed by atoms with Crippen molar-refractivity contribution in [2.24, 2.45) is 5.92 Å². The van der Waals surface area contributed by atoms with E-state index >= 15 is 0 Å². The number of rotatable bonds is 8. The average Bonchev–Trinajstić information content (AvgIpc) is 2.80. The molecule has 3 nitrogen and oxygen atoms in total. The molecule has 3 heteroatoms. The summed E-state index contributed by atoms with van der Waals surface area (Å²) < 4.78 is 6.22. The zero-order chi connectivity index (χ0) is 14.9. The van der Waals surface area contributed by atoms with Gasteiger partial charge < -0.3 is 15.0 Å². The molecule has 1 N–H and O–H groups in total. The highest BCUT2D eigenvalue weighted by atomic mass is 16.5. The van der Waals surface area contributed by atoms with Gasteiger partial charge in [0, 0.05) is 13.1 Å². The van der Waals surface area contributed by atoms with Crippen LogP contribution in [0.1, 0.15) is 65.2 Å². The minimum absolute atomic E-state index is 0.460. The van der Waals surface area contributed by atoms with Gasteiger partial charge in [0.25, 0.3) is 0 Å². The van der Waals surface area contributed by atoms with E-state index in [1.165, 1.54) is 71.0 Å². The van der Waals surface area contributed by atoms with Gasteiger partial charge in [-0.05, 0) is 64.1 Å². The highest BCUT2D eigenvalue weighted by Gasteiger charge is 2.27. The lowest BCUT2D eigenvalue weighted by atomic mass is 9.96. The van der Waals surface area contributed by atoms with Gasteiger partial charge in [-0.2, -0.15) is 0 Å². The topological polar surface area (TPSA) is 24.5 Å². The third-order valence-electron chi connectivity index (χ3n) is 5.09. The summed E-state index contributed by atoms with van der Waals surface area (Å²) in [6.07, 6.45) is 11.7. The van der Waals surface area contributed by atoms with Crippen LogP contribution in [0.2, 0.25) is 0 Å². The Balaban J connectivity index is 1.63. The van der Waals surface area contributed by atoms with E-state index in [1.807, 2.05) is 0 Å². The van der Waals surface area contributed by atoms with E-state index in [2.05, 4.69) is 24.1 Å². The highest BCUT2D eigenvalue weighted by Crippen LogP contribution is 2.24. The zero-order valence-corrected chi connectivity index (χ0v) is 14.3. The van der Waals surface area contributed by atoms with E-state index in [-0.39, 0.29) is 0 Å². The van der Waals surface area contributed by atoms with Crippen LogP contribution in [-0.2, 0) is 4.74 Å². The van der Waals surface area contributed by atoms with Crippen molar-refractivity contribution >= 4 is 0 Å². The summed E-state index contributed by atoms with van der Waals surface area (Å²) in [5.74, 6) is 0.982. The Morgan fingerprint density at radius 2 is 1.86 bits per heavy atom. The predicted molar refractivity (Wildman–Crippen MR) is 89.7 cm³/mol. The number of likely N-dealkylation sites (tertiary alicyclic amines) is 1. The number of ether oxygens (including phenoxy) is 1. The van der Waals surface area contributed by atoms with Gasteiger partial charge in [-0.3, -0.25) is 0 Å². The minimum Gasteiger partial charge on any atom is -0.372 e. The van der Waals surface area contributed by atoms with Crippen molar-refractivity contribution in [3.8, 4) is 0 Å². The van der Waals surface area contributed by atoms with Gasteiger partial charge in [0.1, 0.15) is 0 Å². The molecule has 2 aliphatic rings. The van der Waals surface area contributed by atoms with Gasteiger partial charge in [0.2, 0.25) is 0 Å². The monoisotopic (exact) mass is 296 g/mol. The second kappa shape index (κ2) is 9.81. The Morgan fingerprint density at radius 1 is 1.00 bits per heavy atom. The summed E-state index contributed by atoms with van der Waals surface area (Å²) in [7, 11) is 0. The van der Waals surface area contributed by atoms with Gasteiger partial charge in [-0.15, -0.1) is 0 Å². The largest absolute Gasteiger partial charge is 0.372 e. The molecule has 2 heterocycles. The molecule has 0 saturated carbocycles. The molecule has 0 aromatic carbocycles. The summed E-state index contributed by atoms with van der Waals surface area (Å²) in [5.41, 5.74) is 0. The maximum absolute atomic E-state index is 6.22. The lowest BCUT2D eigenvalue weighted by molar-refractivity contribution is 0.0239. The minimum atomic E-state index is 0.460. The Morgan fingerprint density at radius 3 is 2.67 bits per heavy atom. The van der Waals surface area contributed by atoms with Crippen molar-refractivity contribution in [3.05, 3.63) is 0 Å². The SMILES string of the molecule is CCCNCC1CCC(CN2CCCC(CCC)CC2)O1. The molecule has 21 heavy (non-hydrogen) atoms. The van der Waals surface area contributed by atoms with Crippen molar-refractivity contribution in [2.45, 2.75) is 77.4 Å². The zero-order valence-electron chi connectivity index (χ0n) is 14.3. The van der Waals surface area contributed by atoms with E-state index in [1.54, 1.807) is 0 Å². The van der Waals surface area contributed by atoms with Crippen LogP contribution in [0.25, 0.3) is 0 Å². The molecule has 3 unspecified atom stereocenters. The van der Waals surface area contributed by atoms with Crippen LogP contribution >= 0.6 is 0 Å². The Bertz CT molecular complexity index is 272. The van der Waals surface area contributed by atoms with Crippen LogP contribution in [0.15, 0.2) is 0 Å². The van der Waals surface area contributed by atoms with Gasteiger partial charge >= 0.3 is 0 Å². The number of hydrogen-bond donors (Lipinski definition) is 1. The fourth-order valence-corrected chi connectivity index (χ4v) is 3.90. The first kappa shape index (κ1) is 17.2. The van der Waals surface area contributed by atoms with Crippen molar-refractivity contribution in [1.82, 2.24) is 10.2 Å². The molecule has 0 aromatic rings. The van der Waals surface area contributed by atoms with Crippen LogP contribution in [0.4, 0.5) is 0 Å². The fraction of sp³-hybridized carbons (Fsp3) is 1.00. The molecule has 0 aromatic heterocycles. The third kappa shape index (κ3) is 6.25. The third-order valence-corrected chi connectivity index (χ3v) is 5.09. The smallest absolute Gasteiger partial charge is 0.0707 e. The molecule has 0 amide bonds. The van der Waals surface area contributed by atoms with Crippen molar-refractivity contribution in [2.75, 3.05) is 32.7 Å². The summed E-state index contributed by atoms with van der Waals surface area (Å²) in [5, 5.41) is 3.49. The molecular formula is C18H36N2O. The van der Waals surface area contributed by atoms with Crippen molar-refractivity contribution in [3.63, 3.8) is 0 Å². The fourth-order valence-electron chi connectivity index (χ4n) is 3.90. The van der Waals surface area contributed by atoms with Crippen LogP contribution < -0.4 is 5.32 Å². The molecule has 2 saturated heterocycles. The summed E-state index contributed by atoms with van der Waals surface area (Å²) >= 11 is 0. The summed E-state index contributed by atoms with van der Waals surface area (Å²) in [6, 6.07) is 0. The number of nitrogens with zero attached hydrogens (tertiary/aromatic N) is 1. The van der Waals surface area contributed by atoms with E-state index in [9.17, 15) is 0 Å². The number of hydrogen-bond acceptors (Lipinski definition) is 3. The second-order valence-corrected chi connectivity index (χ2v) is 7.05. The summed E-state index contributed by atoms with van der Waals surface area (Å²) in [4.78, 5) is 2.67. The summed E-state index contributed by atoms with van der Waals surface area (Å²) in [6.45, 7) is 10.5. The molecule has 0 aliphatic carbocycles. The van der Waals surface area contributed by atoms with E-state index < -0.39 is 0 Å². The molecule has 124 valence electrons. The lowest BCUT2D eigenvalue weighted by Crippen LogP contribution is -2.34. The first-order chi connectivity index (χ1) is 10.3. The Kier molecular flexibility index (Phi) is 8.05. The molecule has 3 atom stereocenters. The predicted octanol–water partition coefficient (Wildman–Crippen LogP) is 3.44. The van der Waals surface area contributed by atoms with Gasteiger partial charge in [-0.1, -0.05) is 26.7 Å². The molecule has 2 aliphatic heterocycles. The molecular weight excluding hydrogens is 260 g/mol. The van der Waals surface area contributed by atoms with Crippen LogP contribution in [0.3, 0.4) is 0 Å². The highest BCUT2D eigenvalue weighted by molar-refractivity contribution is 4.79. The van der Waals surface area contributed by atoms with E-state index in [4.69, 9.17) is 4.74 Å². The standard InChI is InChI=1S/C18H36N2O/c1-3-6-16-7-5-12-20(13-10-16)15-18-9-8-17(21-18)14-19-11-4-2/h16-19H,3-15H2,1-2H3. The normalized spacial score (nSPS) is 31.4. The van der Waals surface area contributed by atoms with Gasteiger partial charge in [0.15, 0.2) is 0 Å². The second-order valence-electron chi connectivity index (χ2n) is 7.05. The lowest BCUT2D eigenvalue weighted by Gasteiger charge is -2.24. The molecule has 0 radical (unpaired) electrons. The average molecular weight is 296 g/mol. The number of nitrogens with one attached hydrogen (secondary N) is 1. The van der Waals surface area contributed by atoms with Gasteiger partial charge in [0.05, 0.1) is 12.2 Å². The Labute approximate surface area is 131 Å². The van der Waals surface area contributed by atoms with Crippen molar-refractivity contribution in [1.29, 1.82) is 0 Å². The quantitative estimate of drug-likeness (QED) is 0.695. The molecule has 0 spiro atoms. The first-order valence-electron chi connectivity index (χ1n) is 9.40.